The zero-order valence-electron chi connectivity index (χ0n) is 7.01. The van der Waals surface area contributed by atoms with E-state index in [4.69, 9.17) is 4.74 Å². The number of ether oxygens (including phenoxy) is 1. The van der Waals surface area contributed by atoms with Crippen LogP contribution in [0.2, 0.25) is 0 Å². The molecule has 0 aromatic rings. The molecule has 2 saturated heterocycles. The van der Waals surface area contributed by atoms with Crippen molar-refractivity contribution in [2.24, 2.45) is 11.3 Å². The maximum Gasteiger partial charge on any atom is 0.0847 e. The van der Waals surface area contributed by atoms with E-state index in [1.54, 1.807) is 0 Å². The summed E-state index contributed by atoms with van der Waals surface area (Å²) in [6, 6.07) is 0. The highest BCUT2D eigenvalue weighted by atomic mass is 79.9. The fourth-order valence-electron chi connectivity index (χ4n) is 2.90. The maximum absolute atomic E-state index is 6.01. The highest BCUT2D eigenvalue weighted by Gasteiger charge is 2.71. The van der Waals surface area contributed by atoms with Crippen LogP contribution in [0.15, 0.2) is 0 Å². The van der Waals surface area contributed by atoms with Gasteiger partial charge in [0, 0.05) is 16.5 Å². The normalized spacial score (nSPS) is 56.2. The first kappa shape index (κ1) is 8.13. The second-order valence-corrected chi connectivity index (χ2v) is 5.96. The minimum absolute atomic E-state index is 0.284. The monoisotopic (exact) mass is 248 g/mol. The van der Waals surface area contributed by atoms with Gasteiger partial charge in [-0.3, -0.25) is 0 Å². The molecule has 68 valence electrons. The van der Waals surface area contributed by atoms with Gasteiger partial charge in [0.05, 0.1) is 12.2 Å². The molecule has 3 fully saturated rings. The molecule has 1 aliphatic carbocycles. The van der Waals surface area contributed by atoms with Crippen molar-refractivity contribution < 1.29 is 4.74 Å². The summed E-state index contributed by atoms with van der Waals surface area (Å²) in [5, 5.41) is 1.16. The van der Waals surface area contributed by atoms with Gasteiger partial charge in [0.25, 0.3) is 0 Å². The Labute approximate surface area is 85.7 Å². The van der Waals surface area contributed by atoms with E-state index in [0.717, 1.165) is 17.9 Å². The van der Waals surface area contributed by atoms with Gasteiger partial charge in [0.1, 0.15) is 0 Å². The quantitative estimate of drug-likeness (QED) is 0.659. The summed E-state index contributed by atoms with van der Waals surface area (Å²) in [6.45, 7) is 1.03. The van der Waals surface area contributed by atoms with Crippen LogP contribution >= 0.6 is 27.7 Å². The second kappa shape index (κ2) is 2.43. The summed E-state index contributed by atoms with van der Waals surface area (Å²) in [5.41, 5.74) is 0.836. The number of thioether (sulfide) groups is 1. The summed E-state index contributed by atoms with van der Waals surface area (Å²) < 4.78 is 6.01. The van der Waals surface area contributed by atoms with E-state index in [0.29, 0.717) is 5.41 Å². The number of halogens is 1. The Hall–Kier alpha value is 0.790. The molecule has 12 heavy (non-hydrogen) atoms. The molecule has 0 radical (unpaired) electrons. The van der Waals surface area contributed by atoms with Crippen LogP contribution in [0.3, 0.4) is 0 Å². The number of rotatable bonds is 1. The third-order valence-electron chi connectivity index (χ3n) is 3.92. The van der Waals surface area contributed by atoms with E-state index in [-0.39, 0.29) is 5.60 Å². The largest absolute Gasteiger partial charge is 0.373 e. The fourth-order valence-corrected chi connectivity index (χ4v) is 5.56. The van der Waals surface area contributed by atoms with Crippen molar-refractivity contribution in [1.29, 1.82) is 0 Å². The van der Waals surface area contributed by atoms with Crippen molar-refractivity contribution in [3.05, 3.63) is 0 Å². The Balaban J connectivity index is 1.94. The average Bonchev–Trinajstić information content (AvgIpc) is 2.51. The smallest absolute Gasteiger partial charge is 0.0847 e. The lowest BCUT2D eigenvalue weighted by atomic mass is 9.85. The van der Waals surface area contributed by atoms with E-state index >= 15 is 0 Å². The van der Waals surface area contributed by atoms with Gasteiger partial charge < -0.3 is 4.74 Å². The lowest BCUT2D eigenvalue weighted by Crippen LogP contribution is -2.40. The number of fused-ring (bicyclic) bond motifs is 2. The molecule has 0 aromatic heterocycles. The molecule has 3 heteroatoms. The zero-order chi connectivity index (χ0) is 8.23. The van der Waals surface area contributed by atoms with Crippen LogP contribution in [0.1, 0.15) is 12.8 Å². The summed E-state index contributed by atoms with van der Waals surface area (Å²) in [7, 11) is 0. The van der Waals surface area contributed by atoms with E-state index in [1.165, 1.54) is 24.3 Å². The molecule has 1 nitrogen and oxygen atoms in total. The molecule has 1 spiro atoms. The number of hydrogen-bond donors (Lipinski definition) is 0. The van der Waals surface area contributed by atoms with E-state index in [1.807, 2.05) is 0 Å². The predicted molar refractivity (Wildman–Crippen MR) is 55.0 cm³/mol. The maximum atomic E-state index is 6.01. The Morgan fingerprint density at radius 3 is 3.08 bits per heavy atom. The molecule has 3 atom stereocenters. The molecule has 2 heterocycles. The third kappa shape index (κ3) is 0.764. The SMILES string of the molecule is BrCC12CC1COC21CCSC1. The van der Waals surface area contributed by atoms with Crippen LogP contribution in [0.5, 0.6) is 0 Å². The van der Waals surface area contributed by atoms with Gasteiger partial charge in [-0.25, -0.2) is 0 Å². The molecule has 0 bridgehead atoms. The Kier molecular flexibility index (Phi) is 1.64. The van der Waals surface area contributed by atoms with Gasteiger partial charge in [-0.1, -0.05) is 15.9 Å². The zero-order valence-corrected chi connectivity index (χ0v) is 9.42. The highest BCUT2D eigenvalue weighted by molar-refractivity contribution is 9.09. The van der Waals surface area contributed by atoms with Gasteiger partial charge in [-0.05, 0) is 24.5 Å². The van der Waals surface area contributed by atoms with Gasteiger partial charge in [-0.2, -0.15) is 11.8 Å². The minimum Gasteiger partial charge on any atom is -0.373 e. The van der Waals surface area contributed by atoms with Crippen molar-refractivity contribution in [3.63, 3.8) is 0 Å². The van der Waals surface area contributed by atoms with Crippen LogP contribution in [0.4, 0.5) is 0 Å². The molecule has 0 aromatic carbocycles. The highest BCUT2D eigenvalue weighted by Crippen LogP contribution is 2.69. The Bertz CT molecular complexity index is 205. The summed E-state index contributed by atoms with van der Waals surface area (Å²) in [4.78, 5) is 0. The molecule has 0 N–H and O–H groups in total. The molecular weight excluding hydrogens is 236 g/mol. The topological polar surface area (TPSA) is 9.23 Å². The van der Waals surface area contributed by atoms with E-state index in [2.05, 4.69) is 27.7 Å². The van der Waals surface area contributed by atoms with Crippen molar-refractivity contribution >= 4 is 27.7 Å². The van der Waals surface area contributed by atoms with Gasteiger partial charge in [-0.15, -0.1) is 0 Å². The average molecular weight is 249 g/mol. The molecule has 0 amide bonds. The third-order valence-corrected chi connectivity index (χ3v) is 6.09. The molecule has 3 unspecified atom stereocenters. The number of hydrogen-bond acceptors (Lipinski definition) is 2. The standard InChI is InChI=1S/C9H13BrOS/c10-5-8-3-7(8)4-11-9(8)1-2-12-6-9/h7H,1-6H2. The molecule has 3 rings (SSSR count). The van der Waals surface area contributed by atoms with Crippen LogP contribution < -0.4 is 0 Å². The first-order valence-corrected chi connectivity index (χ1v) is 6.88. The Morgan fingerprint density at radius 1 is 1.58 bits per heavy atom. The van der Waals surface area contributed by atoms with Crippen molar-refractivity contribution in [3.8, 4) is 0 Å². The first-order valence-electron chi connectivity index (χ1n) is 4.61. The van der Waals surface area contributed by atoms with Crippen LogP contribution in [-0.2, 0) is 4.74 Å². The van der Waals surface area contributed by atoms with Crippen molar-refractivity contribution in [2.75, 3.05) is 23.4 Å². The second-order valence-electron chi connectivity index (χ2n) is 4.30. The van der Waals surface area contributed by atoms with Crippen LogP contribution in [0.25, 0.3) is 0 Å². The first-order chi connectivity index (χ1) is 5.83. The van der Waals surface area contributed by atoms with E-state index < -0.39 is 0 Å². The summed E-state index contributed by atoms with van der Waals surface area (Å²) >= 11 is 5.74. The van der Waals surface area contributed by atoms with Crippen LogP contribution in [-0.4, -0.2) is 29.0 Å². The molecule has 1 saturated carbocycles. The van der Waals surface area contributed by atoms with Gasteiger partial charge >= 0.3 is 0 Å². The molecule has 2 aliphatic heterocycles. The lowest BCUT2D eigenvalue weighted by molar-refractivity contribution is -0.0259. The lowest BCUT2D eigenvalue weighted by Gasteiger charge is -2.32. The molecule has 3 aliphatic rings. The van der Waals surface area contributed by atoms with Gasteiger partial charge in [0.2, 0.25) is 0 Å². The van der Waals surface area contributed by atoms with Crippen molar-refractivity contribution in [2.45, 2.75) is 18.4 Å². The summed E-state index contributed by atoms with van der Waals surface area (Å²) in [6.07, 6.45) is 2.71. The van der Waals surface area contributed by atoms with E-state index in [9.17, 15) is 0 Å². The number of alkyl halides is 1. The minimum atomic E-state index is 0.284. The fraction of sp³-hybridized carbons (Fsp3) is 1.00. The van der Waals surface area contributed by atoms with Crippen molar-refractivity contribution in [1.82, 2.24) is 0 Å². The predicted octanol–water partition coefficient (Wildman–Crippen LogP) is 2.29. The molecular formula is C9H13BrOS. The van der Waals surface area contributed by atoms with Crippen LogP contribution in [0, 0.1) is 11.3 Å². The van der Waals surface area contributed by atoms with Gasteiger partial charge in [0.15, 0.2) is 0 Å². The Morgan fingerprint density at radius 2 is 2.50 bits per heavy atom. The summed E-state index contributed by atoms with van der Waals surface area (Å²) in [5.74, 6) is 3.44.